The molecule has 0 radical (unpaired) electrons. The molecule has 44 heavy (non-hydrogen) atoms. The van der Waals surface area contributed by atoms with Gasteiger partial charge in [0, 0.05) is 11.1 Å². The van der Waals surface area contributed by atoms with Gasteiger partial charge < -0.3 is 0 Å². The summed E-state index contributed by atoms with van der Waals surface area (Å²) < 4.78 is 3.45. The van der Waals surface area contributed by atoms with Crippen molar-refractivity contribution in [3.05, 3.63) is 131 Å². The Hall–Kier alpha value is -6.74. The summed E-state index contributed by atoms with van der Waals surface area (Å²) in [5, 5.41) is 39.1. The fraction of sp³-hybridized carbons (Fsp3) is 0.0556. The van der Waals surface area contributed by atoms with Crippen LogP contribution < -0.4 is 0 Å². The van der Waals surface area contributed by atoms with E-state index in [-0.39, 0.29) is 22.8 Å². The Balaban J connectivity index is 1.60. The van der Waals surface area contributed by atoms with Crippen molar-refractivity contribution in [2.45, 2.75) is 13.8 Å². The van der Waals surface area contributed by atoms with Crippen molar-refractivity contribution >= 4 is 0 Å². The quantitative estimate of drug-likeness (QED) is 0.217. The first-order valence-corrected chi connectivity index (χ1v) is 13.7. The maximum atomic E-state index is 9.95. The zero-order valence-corrected chi connectivity index (χ0v) is 23.8. The third-order valence-corrected chi connectivity index (χ3v) is 7.53. The predicted octanol–water partition coefficient (Wildman–Crippen LogP) is 7.16. The van der Waals surface area contributed by atoms with Crippen LogP contribution in [-0.4, -0.2) is 19.1 Å². The molecule has 8 heteroatoms. The van der Waals surface area contributed by atoms with Crippen molar-refractivity contribution in [3.8, 4) is 69.0 Å². The lowest BCUT2D eigenvalue weighted by atomic mass is 9.88. The molecule has 6 aromatic rings. The Morgan fingerprint density at radius 3 is 1.05 bits per heavy atom. The molecule has 0 bridgehead atoms. The van der Waals surface area contributed by atoms with Crippen molar-refractivity contribution in [3.63, 3.8) is 0 Å². The van der Waals surface area contributed by atoms with E-state index >= 15 is 0 Å². The van der Waals surface area contributed by atoms with Crippen LogP contribution in [0.15, 0.2) is 97.1 Å². The minimum atomic E-state index is 0.0844. The van der Waals surface area contributed by atoms with Crippen LogP contribution in [0.1, 0.15) is 34.4 Å². The second kappa shape index (κ2) is 11.3. The first kappa shape index (κ1) is 27.4. The van der Waals surface area contributed by atoms with Crippen molar-refractivity contribution in [2.75, 3.05) is 0 Å². The van der Waals surface area contributed by atoms with E-state index in [1.54, 1.807) is 23.0 Å². The van der Waals surface area contributed by atoms with Gasteiger partial charge in [-0.05, 0) is 48.2 Å². The SMILES string of the molecule is Cc1nc(C#N)c(C#N)n1-c1ccccc1-c1ccccc1-c1ccccc1-c1ccccc1-n1c(C)nc(C#N)c1C#N. The minimum absolute atomic E-state index is 0.0844. The maximum absolute atomic E-state index is 9.95. The van der Waals surface area contributed by atoms with Gasteiger partial charge in [0.25, 0.3) is 0 Å². The fourth-order valence-electron chi connectivity index (χ4n) is 5.71. The van der Waals surface area contributed by atoms with Gasteiger partial charge in [0.15, 0.2) is 22.8 Å². The number of hydrogen-bond donors (Lipinski definition) is 0. The summed E-state index contributed by atoms with van der Waals surface area (Å²) in [7, 11) is 0. The lowest BCUT2D eigenvalue weighted by Crippen LogP contribution is -2.04. The Morgan fingerprint density at radius 1 is 0.432 bits per heavy atom. The van der Waals surface area contributed by atoms with Crippen molar-refractivity contribution < 1.29 is 0 Å². The first-order valence-electron chi connectivity index (χ1n) is 13.7. The molecule has 0 atom stereocenters. The third-order valence-electron chi connectivity index (χ3n) is 7.53. The molecule has 0 spiro atoms. The molecule has 8 nitrogen and oxygen atoms in total. The topological polar surface area (TPSA) is 131 Å². The molecule has 0 saturated heterocycles. The van der Waals surface area contributed by atoms with Gasteiger partial charge in [-0.25, -0.2) is 9.97 Å². The van der Waals surface area contributed by atoms with Crippen LogP contribution in [0, 0.1) is 59.2 Å². The van der Waals surface area contributed by atoms with Crippen LogP contribution in [-0.2, 0) is 0 Å². The predicted molar refractivity (Wildman–Crippen MR) is 165 cm³/mol. The molecule has 0 saturated carbocycles. The normalized spacial score (nSPS) is 10.4. The molecular formula is C36H22N8. The molecule has 4 aromatic carbocycles. The van der Waals surface area contributed by atoms with E-state index in [0.717, 1.165) is 44.8 Å². The number of benzene rings is 4. The zero-order chi connectivity index (χ0) is 30.8. The second-order valence-electron chi connectivity index (χ2n) is 9.96. The molecule has 6 rings (SSSR count). The molecule has 0 unspecified atom stereocenters. The number of nitriles is 4. The third kappa shape index (κ3) is 4.38. The van der Waals surface area contributed by atoms with Gasteiger partial charge in [-0.3, -0.25) is 9.13 Å². The highest BCUT2D eigenvalue weighted by Gasteiger charge is 2.22. The Kier molecular flexibility index (Phi) is 7.02. The molecule has 0 fully saturated rings. The van der Waals surface area contributed by atoms with E-state index in [0.29, 0.717) is 11.6 Å². The van der Waals surface area contributed by atoms with Gasteiger partial charge in [-0.1, -0.05) is 84.9 Å². The average Bonchev–Trinajstić information content (AvgIpc) is 3.58. The lowest BCUT2D eigenvalue weighted by Gasteiger charge is -2.19. The number of imidazole rings is 2. The molecule has 2 heterocycles. The van der Waals surface area contributed by atoms with Crippen LogP contribution in [0.5, 0.6) is 0 Å². The monoisotopic (exact) mass is 566 g/mol. The fourth-order valence-corrected chi connectivity index (χ4v) is 5.71. The van der Waals surface area contributed by atoms with Crippen LogP contribution >= 0.6 is 0 Å². The second-order valence-corrected chi connectivity index (χ2v) is 9.96. The Labute approximate surface area is 254 Å². The van der Waals surface area contributed by atoms with E-state index in [9.17, 15) is 21.0 Å². The summed E-state index contributed by atoms with van der Waals surface area (Å²) in [4.78, 5) is 8.68. The number of nitrogens with zero attached hydrogens (tertiary/aromatic N) is 8. The highest BCUT2D eigenvalue weighted by molar-refractivity contribution is 5.95. The molecule has 2 aromatic heterocycles. The van der Waals surface area contributed by atoms with Gasteiger partial charge in [0.05, 0.1) is 11.4 Å². The van der Waals surface area contributed by atoms with E-state index in [2.05, 4.69) is 34.2 Å². The number of para-hydroxylation sites is 2. The van der Waals surface area contributed by atoms with Crippen LogP contribution in [0.3, 0.4) is 0 Å². The first-order chi connectivity index (χ1) is 21.5. The van der Waals surface area contributed by atoms with E-state index in [1.807, 2.05) is 97.1 Å². The molecule has 0 aliphatic carbocycles. The van der Waals surface area contributed by atoms with Gasteiger partial charge >= 0.3 is 0 Å². The molecule has 0 amide bonds. The highest BCUT2D eigenvalue weighted by Crippen LogP contribution is 2.42. The number of aromatic nitrogens is 4. The van der Waals surface area contributed by atoms with Crippen molar-refractivity contribution in [1.82, 2.24) is 19.1 Å². The number of hydrogen-bond acceptors (Lipinski definition) is 6. The summed E-state index contributed by atoms with van der Waals surface area (Å²) in [5.74, 6) is 1.08. The average molecular weight is 567 g/mol. The van der Waals surface area contributed by atoms with Crippen molar-refractivity contribution in [1.29, 1.82) is 21.0 Å². The lowest BCUT2D eigenvalue weighted by molar-refractivity contribution is 0.962. The van der Waals surface area contributed by atoms with E-state index < -0.39 is 0 Å². The molecule has 0 aliphatic heterocycles. The standard InChI is InChI=1S/C36H22N8/c1-23-41-31(19-37)35(21-39)43(23)33-17-9-7-15-29(33)27-13-5-3-11-25(27)26-12-4-6-14-28(26)30-16-8-10-18-34(30)44-24(2)42-32(20-38)36(44)22-40/h3-18H,1-2H3. The largest absolute Gasteiger partial charge is 0.286 e. The van der Waals surface area contributed by atoms with E-state index in [1.165, 1.54) is 0 Å². The van der Waals surface area contributed by atoms with Gasteiger partial charge in [0.2, 0.25) is 0 Å². The van der Waals surface area contributed by atoms with Gasteiger partial charge in [-0.15, -0.1) is 0 Å². The Bertz CT molecular complexity index is 2100. The number of aryl methyl sites for hydroxylation is 2. The zero-order valence-electron chi connectivity index (χ0n) is 23.8. The summed E-state index contributed by atoms with van der Waals surface area (Å²) in [6, 6.07) is 40.0. The highest BCUT2D eigenvalue weighted by atomic mass is 15.1. The molecule has 0 aliphatic rings. The summed E-state index contributed by atoms with van der Waals surface area (Å²) in [5.41, 5.74) is 7.48. The Morgan fingerprint density at radius 2 is 0.727 bits per heavy atom. The van der Waals surface area contributed by atoms with Crippen LogP contribution in [0.2, 0.25) is 0 Å². The van der Waals surface area contributed by atoms with E-state index in [4.69, 9.17) is 0 Å². The number of rotatable bonds is 5. The summed E-state index contributed by atoms with van der Waals surface area (Å²) >= 11 is 0. The van der Waals surface area contributed by atoms with Crippen LogP contribution in [0.4, 0.5) is 0 Å². The van der Waals surface area contributed by atoms with Gasteiger partial charge in [0.1, 0.15) is 35.9 Å². The smallest absolute Gasteiger partial charge is 0.177 e. The van der Waals surface area contributed by atoms with Gasteiger partial charge in [-0.2, -0.15) is 21.0 Å². The minimum Gasteiger partial charge on any atom is -0.286 e. The summed E-state index contributed by atoms with van der Waals surface area (Å²) in [6.07, 6.45) is 0. The maximum Gasteiger partial charge on any atom is 0.177 e. The van der Waals surface area contributed by atoms with Crippen LogP contribution in [0.25, 0.3) is 44.8 Å². The summed E-state index contributed by atoms with van der Waals surface area (Å²) in [6.45, 7) is 3.56. The molecule has 0 N–H and O–H groups in total. The molecular weight excluding hydrogens is 544 g/mol. The molecule has 206 valence electrons. The van der Waals surface area contributed by atoms with Crippen molar-refractivity contribution in [2.24, 2.45) is 0 Å².